The molecule has 2 nitrogen and oxygen atoms in total. The highest BCUT2D eigenvalue weighted by atomic mass is 15.1. The minimum absolute atomic E-state index is 0.926. The molecule has 0 saturated heterocycles. The van der Waals surface area contributed by atoms with E-state index < -0.39 is 0 Å². The summed E-state index contributed by atoms with van der Waals surface area (Å²) in [5.41, 5.74) is 2.65. The van der Waals surface area contributed by atoms with Crippen LogP contribution in [0.5, 0.6) is 0 Å². The average Bonchev–Trinajstić information content (AvgIpc) is 2.56. The number of allylic oxidation sites excluding steroid dienone is 1. The van der Waals surface area contributed by atoms with Crippen LogP contribution >= 0.6 is 0 Å². The fourth-order valence-corrected chi connectivity index (χ4v) is 2.23. The van der Waals surface area contributed by atoms with E-state index in [1.165, 1.54) is 11.1 Å². The van der Waals surface area contributed by atoms with E-state index in [-0.39, 0.29) is 0 Å². The van der Waals surface area contributed by atoms with Crippen molar-refractivity contribution in [2.45, 2.75) is 12.8 Å². The van der Waals surface area contributed by atoms with Gasteiger partial charge in [0.15, 0.2) is 0 Å². The van der Waals surface area contributed by atoms with E-state index in [1.54, 1.807) is 6.08 Å². The lowest BCUT2D eigenvalue weighted by atomic mass is 10.1. The van der Waals surface area contributed by atoms with Gasteiger partial charge in [0, 0.05) is 25.4 Å². The van der Waals surface area contributed by atoms with Crippen LogP contribution in [0.25, 0.3) is 0 Å². The Morgan fingerprint density at radius 3 is 1.71 bits per heavy atom. The Balaban J connectivity index is 1.89. The molecule has 0 N–H and O–H groups in total. The Morgan fingerprint density at radius 1 is 0.810 bits per heavy atom. The van der Waals surface area contributed by atoms with E-state index in [0.717, 1.165) is 25.9 Å². The monoisotopic (exact) mass is 276 g/mol. The van der Waals surface area contributed by atoms with Crippen molar-refractivity contribution in [3.05, 3.63) is 84.1 Å². The smallest absolute Gasteiger partial charge is 0.0927 e. The third-order valence-corrected chi connectivity index (χ3v) is 3.42. The highest BCUT2D eigenvalue weighted by Crippen LogP contribution is 2.05. The van der Waals surface area contributed by atoms with Crippen molar-refractivity contribution in [3.63, 3.8) is 0 Å². The van der Waals surface area contributed by atoms with E-state index in [2.05, 4.69) is 59.5 Å². The maximum Gasteiger partial charge on any atom is 0.0927 e. The zero-order valence-corrected chi connectivity index (χ0v) is 12.2. The Bertz CT molecular complexity index is 538. The van der Waals surface area contributed by atoms with Crippen molar-refractivity contribution in [1.82, 2.24) is 4.90 Å². The van der Waals surface area contributed by atoms with Gasteiger partial charge in [0.25, 0.3) is 0 Å². The van der Waals surface area contributed by atoms with Gasteiger partial charge in [-0.05, 0) is 24.0 Å². The van der Waals surface area contributed by atoms with E-state index in [9.17, 15) is 0 Å². The van der Waals surface area contributed by atoms with Crippen molar-refractivity contribution < 1.29 is 0 Å². The first-order chi connectivity index (χ1) is 10.4. The fourth-order valence-electron chi connectivity index (χ4n) is 2.23. The van der Waals surface area contributed by atoms with Crippen molar-refractivity contribution in [2.24, 2.45) is 0 Å². The van der Waals surface area contributed by atoms with Crippen LogP contribution in [-0.4, -0.2) is 18.0 Å². The Morgan fingerprint density at radius 2 is 1.29 bits per heavy atom. The number of nitriles is 1. The summed E-state index contributed by atoms with van der Waals surface area (Å²) >= 11 is 0. The summed E-state index contributed by atoms with van der Waals surface area (Å²) in [6.45, 7) is 1.85. The van der Waals surface area contributed by atoms with Gasteiger partial charge in [-0.15, -0.1) is 0 Å². The normalized spacial score (nSPS) is 10.4. The van der Waals surface area contributed by atoms with E-state index in [4.69, 9.17) is 5.26 Å². The minimum atomic E-state index is 0.926. The Labute approximate surface area is 127 Å². The van der Waals surface area contributed by atoms with Crippen LogP contribution in [0.1, 0.15) is 11.1 Å². The number of benzene rings is 2. The second-order valence-electron chi connectivity index (χ2n) is 4.95. The van der Waals surface area contributed by atoms with E-state index >= 15 is 0 Å². The molecule has 0 amide bonds. The van der Waals surface area contributed by atoms with Crippen molar-refractivity contribution in [2.75, 3.05) is 13.1 Å². The van der Waals surface area contributed by atoms with Gasteiger partial charge in [-0.1, -0.05) is 60.7 Å². The number of hydrogen-bond acceptors (Lipinski definition) is 2. The number of hydrogen-bond donors (Lipinski definition) is 0. The summed E-state index contributed by atoms with van der Waals surface area (Å²) in [5.74, 6) is 0. The van der Waals surface area contributed by atoms with Gasteiger partial charge in [-0.25, -0.2) is 0 Å². The summed E-state index contributed by atoms with van der Waals surface area (Å²) in [6.07, 6.45) is 5.43. The lowest BCUT2D eigenvalue weighted by molar-refractivity contribution is 0.384. The van der Waals surface area contributed by atoms with Crippen LogP contribution in [0, 0.1) is 11.3 Å². The molecular formula is C19H20N2. The van der Waals surface area contributed by atoms with Gasteiger partial charge < -0.3 is 4.90 Å². The predicted molar refractivity (Wildman–Crippen MR) is 86.6 cm³/mol. The van der Waals surface area contributed by atoms with Gasteiger partial charge in [0.2, 0.25) is 0 Å². The second kappa shape index (κ2) is 8.60. The lowest BCUT2D eigenvalue weighted by Gasteiger charge is -2.20. The van der Waals surface area contributed by atoms with Crippen molar-refractivity contribution in [1.29, 1.82) is 5.26 Å². The maximum atomic E-state index is 8.72. The summed E-state index contributed by atoms with van der Waals surface area (Å²) in [6, 6.07) is 23.0. The van der Waals surface area contributed by atoms with Crippen LogP contribution in [-0.2, 0) is 12.8 Å². The average molecular weight is 276 g/mol. The molecule has 0 heterocycles. The summed E-state index contributed by atoms with van der Waals surface area (Å²) in [7, 11) is 0. The van der Waals surface area contributed by atoms with Gasteiger partial charge in [-0.2, -0.15) is 5.26 Å². The zero-order chi connectivity index (χ0) is 14.8. The first kappa shape index (κ1) is 14.9. The molecule has 0 aliphatic heterocycles. The molecule has 0 aliphatic rings. The predicted octanol–water partition coefficient (Wildman–Crippen LogP) is 3.81. The molecular weight excluding hydrogens is 256 g/mol. The molecule has 2 aromatic carbocycles. The SMILES string of the molecule is N#C/C=C/N(CCc1ccccc1)CCc1ccccc1. The third-order valence-electron chi connectivity index (χ3n) is 3.42. The van der Waals surface area contributed by atoms with Crippen molar-refractivity contribution >= 4 is 0 Å². The highest BCUT2D eigenvalue weighted by Gasteiger charge is 2.01. The summed E-state index contributed by atoms with van der Waals surface area (Å²) in [4.78, 5) is 2.21. The topological polar surface area (TPSA) is 27.0 Å². The van der Waals surface area contributed by atoms with E-state index in [1.807, 2.05) is 18.3 Å². The molecule has 0 atom stereocenters. The molecule has 0 fully saturated rings. The van der Waals surface area contributed by atoms with Gasteiger partial charge in [-0.3, -0.25) is 0 Å². The molecule has 0 radical (unpaired) electrons. The molecule has 0 aromatic heterocycles. The first-order valence-corrected chi connectivity index (χ1v) is 7.26. The molecule has 0 spiro atoms. The van der Waals surface area contributed by atoms with Crippen molar-refractivity contribution in [3.8, 4) is 6.07 Å². The second-order valence-corrected chi connectivity index (χ2v) is 4.95. The molecule has 21 heavy (non-hydrogen) atoms. The highest BCUT2D eigenvalue weighted by molar-refractivity contribution is 5.16. The molecule has 0 bridgehead atoms. The summed E-state index contributed by atoms with van der Waals surface area (Å²) < 4.78 is 0. The van der Waals surface area contributed by atoms with Crippen LogP contribution in [0.3, 0.4) is 0 Å². The molecule has 0 saturated carbocycles. The molecule has 106 valence electrons. The third kappa shape index (κ3) is 5.54. The molecule has 0 unspecified atom stereocenters. The first-order valence-electron chi connectivity index (χ1n) is 7.26. The van der Waals surface area contributed by atoms with Crippen LogP contribution in [0.4, 0.5) is 0 Å². The van der Waals surface area contributed by atoms with E-state index in [0.29, 0.717) is 0 Å². The lowest BCUT2D eigenvalue weighted by Crippen LogP contribution is -2.23. The maximum absolute atomic E-state index is 8.72. The Hall–Kier alpha value is -2.53. The van der Waals surface area contributed by atoms with Crippen LogP contribution in [0.2, 0.25) is 0 Å². The molecule has 2 rings (SSSR count). The van der Waals surface area contributed by atoms with Gasteiger partial charge in [0.05, 0.1) is 6.07 Å². The quantitative estimate of drug-likeness (QED) is 0.719. The molecule has 0 aliphatic carbocycles. The molecule has 2 aromatic rings. The van der Waals surface area contributed by atoms with Gasteiger partial charge >= 0.3 is 0 Å². The minimum Gasteiger partial charge on any atom is -0.376 e. The summed E-state index contributed by atoms with van der Waals surface area (Å²) in [5, 5.41) is 8.72. The molecule has 2 heteroatoms. The van der Waals surface area contributed by atoms with Crippen LogP contribution in [0.15, 0.2) is 72.9 Å². The largest absolute Gasteiger partial charge is 0.376 e. The standard InChI is InChI=1S/C19H20N2/c20-14-7-15-21(16-12-18-8-3-1-4-9-18)17-13-19-10-5-2-6-11-19/h1-11,15H,12-13,16-17H2/b15-7+. The van der Waals surface area contributed by atoms with Crippen LogP contribution < -0.4 is 0 Å². The zero-order valence-electron chi connectivity index (χ0n) is 12.2. The van der Waals surface area contributed by atoms with Gasteiger partial charge in [0.1, 0.15) is 0 Å². The number of rotatable bonds is 7. The number of nitrogens with zero attached hydrogens (tertiary/aromatic N) is 2. The fraction of sp³-hybridized carbons (Fsp3) is 0.211. The Kier molecular flexibility index (Phi) is 6.09.